The van der Waals surface area contributed by atoms with Crippen molar-refractivity contribution in [2.75, 3.05) is 36.4 Å². The second kappa shape index (κ2) is 17.7. The minimum atomic E-state index is -4.65. The van der Waals surface area contributed by atoms with Gasteiger partial charge in [-0.25, -0.2) is 23.1 Å². The van der Waals surface area contributed by atoms with E-state index in [1.165, 1.54) is 49.9 Å². The van der Waals surface area contributed by atoms with Gasteiger partial charge in [-0.15, -0.1) is 0 Å². The average molecular weight is 905 g/mol. The molecule has 1 spiro atoms. The minimum Gasteiger partial charge on any atom is -0.455 e. The Morgan fingerprint density at radius 3 is 2.52 bits per heavy atom. The number of piperidine rings is 1. The van der Waals surface area contributed by atoms with Gasteiger partial charge in [0.2, 0.25) is 5.82 Å². The molecule has 2 saturated carbocycles. The van der Waals surface area contributed by atoms with E-state index in [4.69, 9.17) is 4.74 Å². The summed E-state index contributed by atoms with van der Waals surface area (Å²) in [4.78, 5) is 42.0. The fourth-order valence-corrected chi connectivity index (χ4v) is 12.1. The first-order valence-electron chi connectivity index (χ1n) is 23.1. The van der Waals surface area contributed by atoms with Crippen molar-refractivity contribution in [3.8, 4) is 11.5 Å². The number of nitrogens with zero attached hydrogens (tertiary/aromatic N) is 5. The Labute approximate surface area is 380 Å². The van der Waals surface area contributed by atoms with Gasteiger partial charge < -0.3 is 25.0 Å². The maximum atomic E-state index is 14.1. The van der Waals surface area contributed by atoms with Crippen LogP contribution in [0.15, 0.2) is 78.0 Å². The van der Waals surface area contributed by atoms with E-state index in [2.05, 4.69) is 72.9 Å². The largest absolute Gasteiger partial charge is 0.455 e. The topological polar surface area (TPSA) is 196 Å². The Hall–Kier alpha value is -5.58. The molecule has 4 fully saturated rings. The maximum absolute atomic E-state index is 14.1. The third-order valence-electron chi connectivity index (χ3n) is 14.7. The molecule has 4 aliphatic rings. The first-order chi connectivity index (χ1) is 31.1. The molecule has 344 valence electrons. The molecule has 0 radical (unpaired) electrons. The van der Waals surface area contributed by atoms with E-state index in [9.17, 15) is 28.4 Å². The Kier molecular flexibility index (Phi) is 12.1. The molecule has 2 aromatic carbocycles. The summed E-state index contributed by atoms with van der Waals surface area (Å²) < 4.78 is 36.3. The third-order valence-corrected chi connectivity index (χ3v) is 16.1. The van der Waals surface area contributed by atoms with Gasteiger partial charge in [-0.3, -0.25) is 19.8 Å². The molecule has 5 aromatic rings. The quantitative estimate of drug-likeness (QED) is 0.0647. The summed E-state index contributed by atoms with van der Waals surface area (Å²) in [5.74, 6) is 0.134. The molecular weight excluding hydrogens is 845 g/mol. The number of carbonyl (C=O) groups is 1. The molecule has 3 aromatic heterocycles. The summed E-state index contributed by atoms with van der Waals surface area (Å²) in [7, 11) is -4.65. The second-order valence-corrected chi connectivity index (χ2v) is 21.2. The van der Waals surface area contributed by atoms with Crippen LogP contribution in [-0.4, -0.2) is 82.0 Å². The number of carbonyl (C=O) groups excluding carboxylic acids is 1. The number of benzene rings is 2. The highest BCUT2D eigenvalue weighted by Crippen LogP contribution is 2.54. The molecule has 2 aliphatic heterocycles. The lowest BCUT2D eigenvalue weighted by atomic mass is 9.59. The van der Waals surface area contributed by atoms with Gasteiger partial charge in [-0.05, 0) is 137 Å². The van der Waals surface area contributed by atoms with E-state index in [1.807, 2.05) is 12.1 Å². The van der Waals surface area contributed by atoms with E-state index in [-0.39, 0.29) is 28.7 Å². The van der Waals surface area contributed by atoms with Crippen LogP contribution in [0.1, 0.15) is 124 Å². The van der Waals surface area contributed by atoms with E-state index in [0.717, 1.165) is 62.5 Å². The van der Waals surface area contributed by atoms with Crippen LogP contribution < -0.4 is 19.7 Å². The van der Waals surface area contributed by atoms with Crippen molar-refractivity contribution in [1.82, 2.24) is 24.6 Å². The molecule has 2 saturated heterocycles. The SMILES string of the molecule is Cc1nc(NCC2CCC(C)(O)CC2)c([N+](=O)[O-])cc1S(=O)(=O)NC(=O)c1ccc(N2CCC3(CC2)CC(N2CCC[C@H]2c2ccccc2C(C)C)C3)cc1Oc1cnc2[nH]ccc2c1. The van der Waals surface area contributed by atoms with E-state index in [0.29, 0.717) is 54.2 Å². The summed E-state index contributed by atoms with van der Waals surface area (Å²) >= 11 is 0. The van der Waals surface area contributed by atoms with Crippen molar-refractivity contribution < 1.29 is 28.0 Å². The van der Waals surface area contributed by atoms with Crippen LogP contribution in [0.25, 0.3) is 11.0 Å². The third kappa shape index (κ3) is 9.30. The molecule has 16 heteroatoms. The summed E-state index contributed by atoms with van der Waals surface area (Å²) in [6.07, 6.45) is 12.9. The second-order valence-electron chi connectivity index (χ2n) is 19.6. The number of hydrogen-bond donors (Lipinski definition) is 4. The number of ether oxygens (including phenoxy) is 1. The van der Waals surface area contributed by atoms with Gasteiger partial charge in [0.05, 0.1) is 28.0 Å². The number of aryl methyl sites for hydroxylation is 1. The van der Waals surface area contributed by atoms with Gasteiger partial charge in [0.1, 0.15) is 22.0 Å². The first-order valence-corrected chi connectivity index (χ1v) is 24.6. The number of aromatic amines is 1. The number of amides is 1. The monoisotopic (exact) mass is 904 g/mol. The Morgan fingerprint density at radius 1 is 1.03 bits per heavy atom. The smallest absolute Gasteiger partial charge is 0.312 e. The lowest BCUT2D eigenvalue weighted by Gasteiger charge is -2.56. The number of sulfonamides is 1. The molecule has 5 heterocycles. The number of aromatic nitrogens is 3. The fraction of sp³-hybridized carbons (Fsp3) is 0.490. The van der Waals surface area contributed by atoms with Crippen molar-refractivity contribution in [2.45, 2.75) is 120 Å². The highest BCUT2D eigenvalue weighted by molar-refractivity contribution is 7.90. The molecule has 15 nitrogen and oxygen atoms in total. The number of aliphatic hydroxyl groups is 1. The first kappa shape index (κ1) is 44.6. The van der Waals surface area contributed by atoms with Gasteiger partial charge in [0.15, 0.2) is 0 Å². The zero-order valence-electron chi connectivity index (χ0n) is 37.7. The summed E-state index contributed by atoms with van der Waals surface area (Å²) in [5.41, 5.74) is 3.47. The number of hydrogen-bond acceptors (Lipinski definition) is 12. The lowest BCUT2D eigenvalue weighted by molar-refractivity contribution is -0.384. The standard InChI is InChI=1S/C49H60N8O7S/c1-31(2)38-8-5-6-9-39(38)41-10-7-21-56(41)36-27-49(28-36)18-22-55(23-19-49)35-11-12-40(43(25-35)64-37-24-34-15-20-50-45(34)52-30-37)47(58)54-65(62,63)44-26-42(57(60)61)46(53-32(44)3)51-29-33-13-16-48(4,59)17-14-33/h5-6,8-9,11-12,15,20,24-26,30-31,33,36,41,59H,7,10,13-14,16-19,21-23,27-29H2,1-4H3,(H,50,52)(H,51,53)(H,54,58)/t33?,41-,48?/m0/s1. The van der Waals surface area contributed by atoms with Crippen molar-refractivity contribution in [2.24, 2.45) is 11.3 Å². The van der Waals surface area contributed by atoms with Crippen molar-refractivity contribution in [3.05, 3.63) is 106 Å². The fourth-order valence-electron chi connectivity index (χ4n) is 10.9. The Morgan fingerprint density at radius 2 is 1.78 bits per heavy atom. The summed E-state index contributed by atoms with van der Waals surface area (Å²) in [6.45, 7) is 11.0. The molecule has 4 N–H and O–H groups in total. The molecule has 9 rings (SSSR count). The van der Waals surface area contributed by atoms with Gasteiger partial charge in [0, 0.05) is 61.1 Å². The van der Waals surface area contributed by atoms with Crippen LogP contribution in [0.3, 0.4) is 0 Å². The van der Waals surface area contributed by atoms with Crippen LogP contribution in [0.4, 0.5) is 17.2 Å². The molecule has 65 heavy (non-hydrogen) atoms. The molecule has 1 amide bonds. The Bertz CT molecular complexity index is 2690. The van der Waals surface area contributed by atoms with Crippen LogP contribution in [0.5, 0.6) is 11.5 Å². The predicted molar refractivity (Wildman–Crippen MR) is 250 cm³/mol. The minimum absolute atomic E-state index is 0.0139. The highest BCUT2D eigenvalue weighted by atomic mass is 32.2. The molecular formula is C49H60N8O7S. The number of fused-ring (bicyclic) bond motifs is 1. The van der Waals surface area contributed by atoms with Crippen molar-refractivity contribution in [3.63, 3.8) is 0 Å². The number of rotatable bonds is 13. The van der Waals surface area contributed by atoms with Crippen LogP contribution in [0, 0.1) is 28.4 Å². The van der Waals surface area contributed by atoms with E-state index < -0.39 is 37.0 Å². The van der Waals surface area contributed by atoms with Gasteiger partial charge in [-0.1, -0.05) is 38.1 Å². The molecule has 1 atom stereocenters. The predicted octanol–water partition coefficient (Wildman–Crippen LogP) is 9.15. The number of nitro groups is 1. The number of pyridine rings is 2. The molecule has 0 unspecified atom stereocenters. The zero-order chi connectivity index (χ0) is 45.7. The van der Waals surface area contributed by atoms with Crippen LogP contribution in [0.2, 0.25) is 0 Å². The van der Waals surface area contributed by atoms with Gasteiger partial charge in [0.25, 0.3) is 15.9 Å². The Balaban J connectivity index is 0.908. The van der Waals surface area contributed by atoms with Crippen LogP contribution in [-0.2, 0) is 10.0 Å². The van der Waals surface area contributed by atoms with Crippen molar-refractivity contribution >= 4 is 44.2 Å². The number of nitrogens with one attached hydrogen (secondary N) is 3. The normalized spacial score (nSPS) is 22.6. The highest BCUT2D eigenvalue weighted by Gasteiger charge is 2.50. The zero-order valence-corrected chi connectivity index (χ0v) is 38.5. The molecule has 0 bridgehead atoms. The van der Waals surface area contributed by atoms with Crippen LogP contribution >= 0.6 is 0 Å². The van der Waals surface area contributed by atoms with Gasteiger partial charge >= 0.3 is 5.69 Å². The summed E-state index contributed by atoms with van der Waals surface area (Å²) in [6, 6.07) is 19.8. The lowest BCUT2D eigenvalue weighted by Crippen LogP contribution is -2.54. The van der Waals surface area contributed by atoms with Crippen molar-refractivity contribution in [1.29, 1.82) is 0 Å². The molecule has 2 aliphatic carbocycles. The number of H-pyrrole nitrogens is 1. The van der Waals surface area contributed by atoms with E-state index >= 15 is 0 Å². The number of likely N-dealkylation sites (tertiary alicyclic amines) is 1. The maximum Gasteiger partial charge on any atom is 0.312 e. The number of anilines is 2. The van der Waals surface area contributed by atoms with Gasteiger partial charge in [-0.2, -0.15) is 0 Å². The average Bonchev–Trinajstić information content (AvgIpc) is 3.95. The van der Waals surface area contributed by atoms with E-state index in [1.54, 1.807) is 31.3 Å². The summed E-state index contributed by atoms with van der Waals surface area (Å²) in [5, 5.41) is 26.4.